The van der Waals surface area contributed by atoms with Crippen molar-refractivity contribution in [3.63, 3.8) is 0 Å². The van der Waals surface area contributed by atoms with Crippen molar-refractivity contribution in [2.45, 2.75) is 13.8 Å². The van der Waals surface area contributed by atoms with Crippen molar-refractivity contribution in [1.82, 2.24) is 4.90 Å². The van der Waals surface area contributed by atoms with Crippen LogP contribution in [0.15, 0.2) is 18.2 Å². The highest BCUT2D eigenvalue weighted by Crippen LogP contribution is 2.27. The van der Waals surface area contributed by atoms with Gasteiger partial charge in [-0.25, -0.2) is 4.79 Å². The first-order valence-corrected chi connectivity index (χ1v) is 7.22. The zero-order valence-electron chi connectivity index (χ0n) is 13.7. The predicted molar refractivity (Wildman–Crippen MR) is 85.6 cm³/mol. The number of hydrogen-bond acceptors (Lipinski definition) is 6. The molecule has 0 atom stereocenters. The summed E-state index contributed by atoms with van der Waals surface area (Å²) in [5, 5.41) is 11.1. The van der Waals surface area contributed by atoms with Gasteiger partial charge in [-0.3, -0.25) is 14.9 Å². The van der Waals surface area contributed by atoms with E-state index in [4.69, 9.17) is 4.74 Å². The van der Waals surface area contributed by atoms with Crippen molar-refractivity contribution in [3.8, 4) is 0 Å². The SMILES string of the molecule is CCN(CC)C(=O)COC(=O)c1ccc(N(C)C)c([N+](=O)[O-])c1. The zero-order chi connectivity index (χ0) is 17.6. The molecule has 0 spiro atoms. The molecule has 23 heavy (non-hydrogen) atoms. The van der Waals surface area contributed by atoms with Crippen molar-refractivity contribution >= 4 is 23.3 Å². The Labute approximate surface area is 134 Å². The summed E-state index contributed by atoms with van der Waals surface area (Å²) in [6.45, 7) is 4.31. The monoisotopic (exact) mass is 323 g/mol. The third kappa shape index (κ3) is 4.67. The molecule has 0 radical (unpaired) electrons. The number of hydrogen-bond donors (Lipinski definition) is 0. The predicted octanol–water partition coefficient (Wildman–Crippen LogP) is 1.69. The van der Waals surface area contributed by atoms with Crippen LogP contribution in [0.4, 0.5) is 11.4 Å². The quantitative estimate of drug-likeness (QED) is 0.430. The molecule has 1 rings (SSSR count). The van der Waals surface area contributed by atoms with Crippen LogP contribution >= 0.6 is 0 Å². The summed E-state index contributed by atoms with van der Waals surface area (Å²) in [4.78, 5) is 37.4. The number of carbonyl (C=O) groups excluding carboxylic acids is 2. The summed E-state index contributed by atoms with van der Waals surface area (Å²) >= 11 is 0. The zero-order valence-corrected chi connectivity index (χ0v) is 13.7. The topological polar surface area (TPSA) is 93.0 Å². The van der Waals surface area contributed by atoms with Crippen LogP contribution in [0, 0.1) is 10.1 Å². The lowest BCUT2D eigenvalue weighted by atomic mass is 10.1. The Kier molecular flexibility index (Phi) is 6.49. The smallest absolute Gasteiger partial charge is 0.338 e. The number of benzene rings is 1. The average Bonchev–Trinajstić information content (AvgIpc) is 2.52. The number of esters is 1. The van der Waals surface area contributed by atoms with Crippen molar-refractivity contribution in [2.24, 2.45) is 0 Å². The first-order chi connectivity index (χ1) is 10.8. The van der Waals surface area contributed by atoms with Crippen molar-refractivity contribution < 1.29 is 19.2 Å². The van der Waals surface area contributed by atoms with E-state index in [0.29, 0.717) is 18.8 Å². The minimum atomic E-state index is -0.765. The number of carbonyl (C=O) groups is 2. The second-order valence-corrected chi connectivity index (χ2v) is 5.00. The molecule has 0 fully saturated rings. The number of rotatable bonds is 7. The Balaban J connectivity index is 2.87. The molecule has 8 nitrogen and oxygen atoms in total. The van der Waals surface area contributed by atoms with Gasteiger partial charge in [0.1, 0.15) is 5.69 Å². The van der Waals surface area contributed by atoms with Gasteiger partial charge < -0.3 is 14.5 Å². The van der Waals surface area contributed by atoms with Gasteiger partial charge >= 0.3 is 5.97 Å². The Bertz CT molecular complexity index is 597. The Morgan fingerprint density at radius 3 is 2.30 bits per heavy atom. The van der Waals surface area contributed by atoms with Crippen LogP contribution in [0.5, 0.6) is 0 Å². The summed E-state index contributed by atoms with van der Waals surface area (Å²) in [5.74, 6) is -1.07. The maximum absolute atomic E-state index is 12.0. The van der Waals surface area contributed by atoms with Crippen LogP contribution in [-0.4, -0.2) is 55.5 Å². The second-order valence-electron chi connectivity index (χ2n) is 5.00. The number of nitrogens with zero attached hydrogens (tertiary/aromatic N) is 3. The van der Waals surface area contributed by atoms with Gasteiger partial charge in [-0.15, -0.1) is 0 Å². The van der Waals surface area contributed by atoms with Crippen LogP contribution in [0.2, 0.25) is 0 Å². The average molecular weight is 323 g/mol. The van der Waals surface area contributed by atoms with Crippen molar-refractivity contribution in [1.29, 1.82) is 0 Å². The minimum absolute atomic E-state index is 0.0367. The van der Waals surface area contributed by atoms with E-state index in [1.165, 1.54) is 17.0 Å². The van der Waals surface area contributed by atoms with E-state index in [1.54, 1.807) is 19.0 Å². The lowest BCUT2D eigenvalue weighted by molar-refractivity contribution is -0.384. The summed E-state index contributed by atoms with van der Waals surface area (Å²) in [7, 11) is 3.34. The van der Waals surface area contributed by atoms with E-state index >= 15 is 0 Å². The molecule has 1 amide bonds. The maximum Gasteiger partial charge on any atom is 0.338 e. The first-order valence-electron chi connectivity index (χ1n) is 7.22. The molecular formula is C15H21N3O5. The number of nitro benzene ring substituents is 1. The van der Waals surface area contributed by atoms with E-state index < -0.39 is 10.9 Å². The molecule has 126 valence electrons. The van der Waals surface area contributed by atoms with Gasteiger partial charge in [0.25, 0.3) is 11.6 Å². The van der Waals surface area contributed by atoms with Gasteiger partial charge in [-0.2, -0.15) is 0 Å². The molecule has 1 aromatic carbocycles. The van der Waals surface area contributed by atoms with Gasteiger partial charge in [0.05, 0.1) is 10.5 Å². The first kappa shape index (κ1) is 18.4. The van der Waals surface area contributed by atoms with Crippen LogP contribution in [0.1, 0.15) is 24.2 Å². The number of anilines is 1. The highest BCUT2D eigenvalue weighted by Gasteiger charge is 2.20. The molecule has 0 unspecified atom stereocenters. The lowest BCUT2D eigenvalue weighted by Gasteiger charge is -2.18. The van der Waals surface area contributed by atoms with E-state index in [1.807, 2.05) is 13.8 Å². The summed E-state index contributed by atoms with van der Waals surface area (Å²) in [5.41, 5.74) is 0.222. The highest BCUT2D eigenvalue weighted by atomic mass is 16.6. The van der Waals surface area contributed by atoms with Gasteiger partial charge in [0.2, 0.25) is 0 Å². The molecule has 0 aromatic heterocycles. The Morgan fingerprint density at radius 1 is 1.22 bits per heavy atom. The Hall–Kier alpha value is -2.64. The molecule has 0 aliphatic carbocycles. The normalized spacial score (nSPS) is 10.1. The van der Waals surface area contributed by atoms with E-state index in [9.17, 15) is 19.7 Å². The molecular weight excluding hydrogens is 302 g/mol. The molecule has 0 N–H and O–H groups in total. The van der Waals surface area contributed by atoms with Crippen molar-refractivity contribution in [3.05, 3.63) is 33.9 Å². The van der Waals surface area contributed by atoms with E-state index in [2.05, 4.69) is 0 Å². The highest BCUT2D eigenvalue weighted by molar-refractivity contribution is 5.93. The van der Waals surface area contributed by atoms with Gasteiger partial charge in [-0.1, -0.05) is 0 Å². The second kappa shape index (κ2) is 8.11. The van der Waals surface area contributed by atoms with E-state index in [-0.39, 0.29) is 23.8 Å². The fourth-order valence-corrected chi connectivity index (χ4v) is 2.05. The maximum atomic E-state index is 12.0. The van der Waals surface area contributed by atoms with Crippen LogP contribution in [0.3, 0.4) is 0 Å². The van der Waals surface area contributed by atoms with Gasteiger partial charge in [-0.05, 0) is 26.0 Å². The number of amides is 1. The largest absolute Gasteiger partial charge is 0.452 e. The molecule has 0 saturated carbocycles. The molecule has 8 heteroatoms. The van der Waals surface area contributed by atoms with Crippen molar-refractivity contribution in [2.75, 3.05) is 38.7 Å². The van der Waals surface area contributed by atoms with Crippen LogP contribution in [0.25, 0.3) is 0 Å². The number of ether oxygens (including phenoxy) is 1. The molecule has 0 aliphatic heterocycles. The fourth-order valence-electron chi connectivity index (χ4n) is 2.05. The van der Waals surface area contributed by atoms with Gasteiger partial charge in [0, 0.05) is 33.3 Å². The summed E-state index contributed by atoms with van der Waals surface area (Å²) in [6, 6.07) is 4.06. The molecule has 0 bridgehead atoms. The molecule has 1 aromatic rings. The minimum Gasteiger partial charge on any atom is -0.452 e. The molecule has 0 aliphatic rings. The van der Waals surface area contributed by atoms with E-state index in [0.717, 1.165) is 6.07 Å². The lowest BCUT2D eigenvalue weighted by Crippen LogP contribution is -2.34. The summed E-state index contributed by atoms with van der Waals surface area (Å²) in [6.07, 6.45) is 0. The fraction of sp³-hybridized carbons (Fsp3) is 0.467. The Morgan fingerprint density at radius 2 is 1.83 bits per heavy atom. The van der Waals surface area contributed by atoms with Crippen LogP contribution < -0.4 is 4.90 Å². The molecule has 0 heterocycles. The number of nitro groups is 1. The van der Waals surface area contributed by atoms with Gasteiger partial charge in [0.15, 0.2) is 6.61 Å². The number of likely N-dealkylation sites (N-methyl/N-ethyl adjacent to an activating group) is 1. The third-order valence-electron chi connectivity index (χ3n) is 3.33. The molecule has 0 saturated heterocycles. The van der Waals surface area contributed by atoms with Crippen LogP contribution in [-0.2, 0) is 9.53 Å². The third-order valence-corrected chi connectivity index (χ3v) is 3.33. The summed E-state index contributed by atoms with van der Waals surface area (Å²) < 4.78 is 4.94. The standard InChI is InChI=1S/C15H21N3O5/c1-5-17(6-2)14(19)10-23-15(20)11-7-8-12(16(3)4)13(9-11)18(21)22/h7-9H,5-6,10H2,1-4H3.